The molecule has 0 heterocycles. The van der Waals surface area contributed by atoms with Crippen LogP contribution in [0.3, 0.4) is 0 Å². The third kappa shape index (κ3) is 6.83. The van der Waals surface area contributed by atoms with Crippen LogP contribution >= 0.6 is 0 Å². The van der Waals surface area contributed by atoms with E-state index in [0.29, 0.717) is 5.92 Å². The maximum Gasteiger partial charge on any atom is 0.123 e. The molecular weight excluding hydrogens is 364 g/mol. The van der Waals surface area contributed by atoms with Gasteiger partial charge in [0.15, 0.2) is 0 Å². The van der Waals surface area contributed by atoms with Gasteiger partial charge in [0, 0.05) is 5.92 Å². The highest BCUT2D eigenvalue weighted by molar-refractivity contribution is 5.53. The van der Waals surface area contributed by atoms with Gasteiger partial charge in [0.25, 0.3) is 0 Å². The molecule has 0 aliphatic heterocycles. The highest BCUT2D eigenvalue weighted by Crippen LogP contribution is 2.43. The fourth-order valence-electron chi connectivity index (χ4n) is 7.94. The van der Waals surface area contributed by atoms with Crippen LogP contribution in [0.1, 0.15) is 129 Å². The van der Waals surface area contributed by atoms with Crippen LogP contribution in [0.2, 0.25) is 0 Å². The molecule has 172 valence electrons. The first-order valence-electron chi connectivity index (χ1n) is 14.1. The van der Waals surface area contributed by atoms with Gasteiger partial charge in [0.1, 0.15) is 6.29 Å². The van der Waals surface area contributed by atoms with Gasteiger partial charge in [-0.1, -0.05) is 84.0 Å². The average molecular weight is 415 g/mol. The number of hydrogen-bond donors (Lipinski definition) is 0. The Kier molecular flexibility index (Phi) is 8.77. The predicted octanol–water partition coefficient (Wildman–Crippen LogP) is 8.60. The van der Waals surface area contributed by atoms with E-state index in [1.165, 1.54) is 89.8 Å². The molecule has 0 N–H and O–H groups in total. The first-order valence-corrected chi connectivity index (χ1v) is 14.1. The van der Waals surface area contributed by atoms with Gasteiger partial charge >= 0.3 is 0 Å². The summed E-state index contributed by atoms with van der Waals surface area (Å²) in [5, 5.41) is 0. The summed E-state index contributed by atoms with van der Waals surface area (Å²) >= 11 is 0. The van der Waals surface area contributed by atoms with Crippen molar-refractivity contribution in [3.05, 3.63) is 0 Å². The third-order valence-electron chi connectivity index (χ3n) is 10.2. The fraction of sp³-hybridized carbons (Fsp3) is 0.966. The number of carbonyl (C=O) groups excluding carboxylic acids is 1. The second-order valence-electron chi connectivity index (χ2n) is 12.5. The fourth-order valence-corrected chi connectivity index (χ4v) is 7.94. The summed E-state index contributed by atoms with van der Waals surface area (Å²) in [5.41, 5.74) is 0. The lowest BCUT2D eigenvalue weighted by Gasteiger charge is -2.37. The Morgan fingerprint density at radius 1 is 0.467 bits per heavy atom. The molecule has 0 aromatic rings. The quantitative estimate of drug-likeness (QED) is 0.381. The van der Waals surface area contributed by atoms with E-state index in [0.717, 1.165) is 41.4 Å². The number of carbonyl (C=O) groups is 1. The maximum atomic E-state index is 11.0. The number of rotatable bonds is 7. The standard InChI is InChI=1S/C29H50O/c1-22-2-4-23(5-3-22)18-24-6-8-25(9-7-24)19-26-10-12-27(13-11-26)20-28-14-16-29(21-30)17-15-28/h21-29H,2-20H2,1H3. The SMILES string of the molecule is CC1CCC(CC2CCC(CC3CCC(CC4CCC(C=O)CC4)CC3)CC2)CC1. The Labute approximate surface area is 187 Å². The first-order chi connectivity index (χ1) is 14.7. The molecule has 4 aliphatic carbocycles. The van der Waals surface area contributed by atoms with E-state index in [9.17, 15) is 4.79 Å². The molecule has 0 unspecified atom stereocenters. The average Bonchev–Trinajstić information content (AvgIpc) is 2.78. The summed E-state index contributed by atoms with van der Waals surface area (Å²) in [6, 6.07) is 0. The first kappa shape index (κ1) is 22.8. The zero-order chi connectivity index (χ0) is 20.8. The Hall–Kier alpha value is -0.330. The largest absolute Gasteiger partial charge is 0.303 e. The van der Waals surface area contributed by atoms with Gasteiger partial charge in [-0.05, 0) is 86.4 Å². The molecule has 0 bridgehead atoms. The second-order valence-corrected chi connectivity index (χ2v) is 12.5. The van der Waals surface area contributed by atoms with E-state index in [1.54, 1.807) is 38.5 Å². The zero-order valence-electron chi connectivity index (χ0n) is 20.0. The molecular formula is C29H50O. The summed E-state index contributed by atoms with van der Waals surface area (Å²) in [6.45, 7) is 2.45. The molecule has 0 atom stereocenters. The smallest absolute Gasteiger partial charge is 0.123 e. The maximum absolute atomic E-state index is 11.0. The van der Waals surface area contributed by atoms with Gasteiger partial charge in [-0.15, -0.1) is 0 Å². The minimum Gasteiger partial charge on any atom is -0.303 e. The lowest BCUT2D eigenvalue weighted by atomic mass is 9.69. The van der Waals surface area contributed by atoms with Gasteiger partial charge in [-0.25, -0.2) is 0 Å². The van der Waals surface area contributed by atoms with Crippen molar-refractivity contribution in [2.45, 2.75) is 129 Å². The van der Waals surface area contributed by atoms with Crippen LogP contribution in [0.5, 0.6) is 0 Å². The van der Waals surface area contributed by atoms with Crippen molar-refractivity contribution in [2.75, 3.05) is 0 Å². The van der Waals surface area contributed by atoms with Gasteiger partial charge in [-0.2, -0.15) is 0 Å². The van der Waals surface area contributed by atoms with Crippen molar-refractivity contribution < 1.29 is 4.79 Å². The molecule has 0 amide bonds. The molecule has 0 saturated heterocycles. The van der Waals surface area contributed by atoms with Gasteiger partial charge < -0.3 is 4.79 Å². The van der Waals surface area contributed by atoms with Crippen molar-refractivity contribution in [3.8, 4) is 0 Å². The summed E-state index contributed by atoms with van der Waals surface area (Å²) in [6.07, 6.45) is 29.1. The zero-order valence-corrected chi connectivity index (χ0v) is 20.0. The predicted molar refractivity (Wildman–Crippen MR) is 127 cm³/mol. The molecule has 4 fully saturated rings. The van der Waals surface area contributed by atoms with Crippen LogP contribution in [0, 0.1) is 47.3 Å². The molecule has 0 radical (unpaired) electrons. The topological polar surface area (TPSA) is 17.1 Å². The van der Waals surface area contributed by atoms with Crippen LogP contribution in [0.15, 0.2) is 0 Å². The van der Waals surface area contributed by atoms with E-state index in [4.69, 9.17) is 0 Å². The molecule has 30 heavy (non-hydrogen) atoms. The molecule has 0 aromatic heterocycles. The van der Waals surface area contributed by atoms with E-state index in [2.05, 4.69) is 6.92 Å². The lowest BCUT2D eigenvalue weighted by Crippen LogP contribution is -2.24. The van der Waals surface area contributed by atoms with Crippen LogP contribution in [0.25, 0.3) is 0 Å². The normalized spacial score (nSPS) is 43.2. The van der Waals surface area contributed by atoms with E-state index in [-0.39, 0.29) is 0 Å². The van der Waals surface area contributed by atoms with Crippen molar-refractivity contribution in [1.82, 2.24) is 0 Å². The number of hydrogen-bond acceptors (Lipinski definition) is 1. The summed E-state index contributed by atoms with van der Waals surface area (Å²) in [4.78, 5) is 11.0. The molecule has 4 rings (SSSR count). The van der Waals surface area contributed by atoms with Crippen LogP contribution in [0.4, 0.5) is 0 Å². The molecule has 0 spiro atoms. The van der Waals surface area contributed by atoms with E-state index >= 15 is 0 Å². The summed E-state index contributed by atoms with van der Waals surface area (Å²) in [5.74, 6) is 7.60. The van der Waals surface area contributed by atoms with E-state index < -0.39 is 0 Å². The minimum absolute atomic E-state index is 0.387. The molecule has 1 nitrogen and oxygen atoms in total. The molecule has 1 heteroatoms. The van der Waals surface area contributed by atoms with Crippen molar-refractivity contribution in [2.24, 2.45) is 47.3 Å². The van der Waals surface area contributed by atoms with Crippen LogP contribution in [-0.4, -0.2) is 6.29 Å². The second kappa shape index (κ2) is 11.5. The third-order valence-corrected chi connectivity index (χ3v) is 10.2. The van der Waals surface area contributed by atoms with Gasteiger partial charge in [0.05, 0.1) is 0 Å². The summed E-state index contributed by atoms with van der Waals surface area (Å²) < 4.78 is 0. The number of aldehydes is 1. The van der Waals surface area contributed by atoms with Crippen molar-refractivity contribution >= 4 is 6.29 Å². The van der Waals surface area contributed by atoms with E-state index in [1.807, 2.05) is 0 Å². The van der Waals surface area contributed by atoms with Crippen molar-refractivity contribution in [1.29, 1.82) is 0 Å². The minimum atomic E-state index is 0.387. The Morgan fingerprint density at radius 3 is 1.03 bits per heavy atom. The van der Waals surface area contributed by atoms with Crippen LogP contribution in [-0.2, 0) is 4.79 Å². The summed E-state index contributed by atoms with van der Waals surface area (Å²) in [7, 11) is 0. The van der Waals surface area contributed by atoms with Crippen LogP contribution < -0.4 is 0 Å². The molecule has 0 aromatic carbocycles. The Morgan fingerprint density at radius 2 is 0.733 bits per heavy atom. The van der Waals surface area contributed by atoms with Gasteiger partial charge in [0.2, 0.25) is 0 Å². The van der Waals surface area contributed by atoms with Crippen molar-refractivity contribution in [3.63, 3.8) is 0 Å². The molecule has 4 saturated carbocycles. The Balaban J connectivity index is 1.08. The molecule has 4 aliphatic rings. The lowest BCUT2D eigenvalue weighted by molar-refractivity contribution is -0.112. The Bertz CT molecular complexity index is 480. The highest BCUT2D eigenvalue weighted by Gasteiger charge is 2.30. The highest BCUT2D eigenvalue weighted by atomic mass is 16.1. The van der Waals surface area contributed by atoms with Gasteiger partial charge in [-0.3, -0.25) is 0 Å². The monoisotopic (exact) mass is 414 g/mol.